The van der Waals surface area contributed by atoms with Crippen LogP contribution in [0, 0.1) is 5.92 Å². The first-order valence-corrected chi connectivity index (χ1v) is 4.65. The lowest BCUT2D eigenvalue weighted by atomic mass is 10.2. The molecule has 0 saturated carbocycles. The molecule has 1 aromatic rings. The predicted octanol–water partition coefficient (Wildman–Crippen LogP) is 1.27. The zero-order valence-electron chi connectivity index (χ0n) is 9.07. The van der Waals surface area contributed by atoms with Crippen LogP contribution in [-0.4, -0.2) is 18.0 Å². The summed E-state index contributed by atoms with van der Waals surface area (Å²) in [4.78, 5) is 15.4. The second kappa shape index (κ2) is 4.63. The van der Waals surface area contributed by atoms with Crippen LogP contribution in [0.3, 0.4) is 0 Å². The fraction of sp³-hybridized carbons (Fsp3) is 0.400. The van der Waals surface area contributed by atoms with E-state index in [-0.39, 0.29) is 11.8 Å². The van der Waals surface area contributed by atoms with Crippen molar-refractivity contribution in [1.29, 1.82) is 0 Å². The van der Waals surface area contributed by atoms with Crippen molar-refractivity contribution >= 4 is 17.4 Å². The maximum Gasteiger partial charge on any atom is 0.228 e. The average molecular weight is 209 g/mol. The summed E-state index contributed by atoms with van der Waals surface area (Å²) in [7, 11) is 1.50. The van der Waals surface area contributed by atoms with E-state index >= 15 is 0 Å². The Labute approximate surface area is 88.6 Å². The molecule has 0 aliphatic heterocycles. The lowest BCUT2D eigenvalue weighted by Crippen LogP contribution is -2.19. The number of carbonyl (C=O) groups excluding carboxylic acids is 1. The number of nitrogens with zero attached hydrogens (tertiary/aromatic N) is 1. The molecule has 1 heterocycles. The Balaban J connectivity index is 2.89. The molecule has 3 N–H and O–H groups in total. The zero-order valence-corrected chi connectivity index (χ0v) is 9.07. The number of amides is 1. The molecule has 1 amide bonds. The third-order valence-electron chi connectivity index (χ3n) is 1.86. The molecule has 0 saturated heterocycles. The first-order chi connectivity index (χ1) is 7.04. The topological polar surface area (TPSA) is 77.2 Å². The molecule has 5 nitrogen and oxygen atoms in total. The minimum absolute atomic E-state index is 0.103. The number of nitrogens with one attached hydrogen (secondary N) is 1. The average Bonchev–Trinajstić information content (AvgIpc) is 2.20. The third-order valence-corrected chi connectivity index (χ3v) is 1.86. The number of rotatable bonds is 3. The molecular formula is C10H15N3O2. The number of aromatic nitrogens is 1. The highest BCUT2D eigenvalue weighted by Crippen LogP contribution is 2.23. The van der Waals surface area contributed by atoms with E-state index < -0.39 is 0 Å². The molecular weight excluding hydrogens is 194 g/mol. The summed E-state index contributed by atoms with van der Waals surface area (Å²) in [6, 6.07) is 1.61. The molecule has 0 unspecified atom stereocenters. The van der Waals surface area contributed by atoms with E-state index in [0.717, 1.165) is 0 Å². The molecule has 0 aromatic carbocycles. The van der Waals surface area contributed by atoms with Gasteiger partial charge in [0, 0.05) is 12.0 Å². The predicted molar refractivity (Wildman–Crippen MR) is 58.7 cm³/mol. The van der Waals surface area contributed by atoms with Gasteiger partial charge in [-0.3, -0.25) is 4.79 Å². The molecule has 0 bridgehead atoms. The zero-order chi connectivity index (χ0) is 11.4. The lowest BCUT2D eigenvalue weighted by Gasteiger charge is -2.10. The van der Waals surface area contributed by atoms with Crippen molar-refractivity contribution < 1.29 is 9.53 Å². The molecule has 1 aromatic heterocycles. The van der Waals surface area contributed by atoms with E-state index in [9.17, 15) is 4.79 Å². The van der Waals surface area contributed by atoms with Crippen molar-refractivity contribution in [2.45, 2.75) is 13.8 Å². The maximum absolute atomic E-state index is 11.4. The van der Waals surface area contributed by atoms with Crippen molar-refractivity contribution in [2.75, 3.05) is 18.2 Å². The number of carbonyl (C=O) groups is 1. The Morgan fingerprint density at radius 3 is 2.80 bits per heavy atom. The quantitative estimate of drug-likeness (QED) is 0.785. The van der Waals surface area contributed by atoms with Crippen LogP contribution >= 0.6 is 0 Å². The molecule has 0 fully saturated rings. The summed E-state index contributed by atoms with van der Waals surface area (Å²) in [6.45, 7) is 3.61. The molecule has 0 aliphatic rings. The van der Waals surface area contributed by atoms with Crippen LogP contribution in [0.4, 0.5) is 11.5 Å². The van der Waals surface area contributed by atoms with Gasteiger partial charge in [-0.25, -0.2) is 4.98 Å². The smallest absolute Gasteiger partial charge is 0.228 e. The van der Waals surface area contributed by atoms with Crippen LogP contribution in [0.1, 0.15) is 13.8 Å². The van der Waals surface area contributed by atoms with Gasteiger partial charge in [0.05, 0.1) is 19.0 Å². The molecule has 1 rings (SSSR count). The Hall–Kier alpha value is -1.78. The number of ether oxygens (including phenoxy) is 1. The van der Waals surface area contributed by atoms with Crippen LogP contribution in [0.25, 0.3) is 0 Å². The number of hydrogen-bond donors (Lipinski definition) is 2. The standard InChI is InChI=1S/C10H15N3O2/c1-6(2)10(14)13-9-8(15-3)4-7(11)5-12-9/h4-6H,11H2,1-3H3,(H,12,13,14). The van der Waals surface area contributed by atoms with Crippen LogP contribution in [0.15, 0.2) is 12.3 Å². The van der Waals surface area contributed by atoms with Crippen molar-refractivity contribution in [3.63, 3.8) is 0 Å². The van der Waals surface area contributed by atoms with Gasteiger partial charge in [-0.2, -0.15) is 0 Å². The van der Waals surface area contributed by atoms with E-state index in [2.05, 4.69) is 10.3 Å². The SMILES string of the molecule is COc1cc(N)cnc1NC(=O)C(C)C. The van der Waals surface area contributed by atoms with Crippen LogP contribution < -0.4 is 15.8 Å². The van der Waals surface area contributed by atoms with Crippen LogP contribution in [-0.2, 0) is 4.79 Å². The van der Waals surface area contributed by atoms with Crippen molar-refractivity contribution in [3.05, 3.63) is 12.3 Å². The van der Waals surface area contributed by atoms with E-state index in [1.165, 1.54) is 13.3 Å². The highest BCUT2D eigenvalue weighted by Gasteiger charge is 2.11. The molecule has 82 valence electrons. The lowest BCUT2D eigenvalue weighted by molar-refractivity contribution is -0.118. The summed E-state index contributed by atoms with van der Waals surface area (Å²) in [5, 5.41) is 2.66. The molecule has 0 radical (unpaired) electrons. The Bertz CT molecular complexity index is 364. The van der Waals surface area contributed by atoms with Crippen molar-refractivity contribution in [3.8, 4) is 5.75 Å². The number of nitrogens with two attached hydrogens (primary N) is 1. The number of nitrogen functional groups attached to an aromatic ring is 1. The van der Waals surface area contributed by atoms with Gasteiger partial charge < -0.3 is 15.8 Å². The van der Waals surface area contributed by atoms with Gasteiger partial charge in [0.15, 0.2) is 11.6 Å². The molecule has 15 heavy (non-hydrogen) atoms. The summed E-state index contributed by atoms with van der Waals surface area (Å²) >= 11 is 0. The molecule has 5 heteroatoms. The fourth-order valence-corrected chi connectivity index (χ4v) is 0.970. The highest BCUT2D eigenvalue weighted by molar-refractivity contribution is 5.92. The third kappa shape index (κ3) is 2.83. The molecule has 0 aliphatic carbocycles. The minimum Gasteiger partial charge on any atom is -0.493 e. The van der Waals surface area contributed by atoms with Gasteiger partial charge in [-0.15, -0.1) is 0 Å². The number of pyridine rings is 1. The van der Waals surface area contributed by atoms with E-state index in [4.69, 9.17) is 10.5 Å². The number of anilines is 2. The Morgan fingerprint density at radius 1 is 1.60 bits per heavy atom. The number of methoxy groups -OCH3 is 1. The first kappa shape index (κ1) is 11.3. The largest absolute Gasteiger partial charge is 0.493 e. The second-order valence-electron chi connectivity index (χ2n) is 3.46. The summed E-state index contributed by atoms with van der Waals surface area (Å²) in [5.41, 5.74) is 6.03. The fourth-order valence-electron chi connectivity index (χ4n) is 0.970. The van der Waals surface area contributed by atoms with Crippen LogP contribution in [0.2, 0.25) is 0 Å². The van der Waals surface area contributed by atoms with Gasteiger partial charge in [-0.1, -0.05) is 13.8 Å². The summed E-state index contributed by atoms with van der Waals surface area (Å²) < 4.78 is 5.05. The van der Waals surface area contributed by atoms with E-state index in [0.29, 0.717) is 17.3 Å². The Morgan fingerprint density at radius 2 is 2.27 bits per heavy atom. The van der Waals surface area contributed by atoms with Crippen molar-refractivity contribution in [2.24, 2.45) is 5.92 Å². The highest BCUT2D eigenvalue weighted by atomic mass is 16.5. The summed E-state index contributed by atoms with van der Waals surface area (Å²) in [5.74, 6) is 0.647. The summed E-state index contributed by atoms with van der Waals surface area (Å²) in [6.07, 6.45) is 1.47. The van der Waals surface area contributed by atoms with E-state index in [1.54, 1.807) is 19.9 Å². The number of hydrogen-bond acceptors (Lipinski definition) is 4. The van der Waals surface area contributed by atoms with Gasteiger partial charge in [0.2, 0.25) is 5.91 Å². The van der Waals surface area contributed by atoms with Crippen LogP contribution in [0.5, 0.6) is 5.75 Å². The normalized spacial score (nSPS) is 10.1. The van der Waals surface area contributed by atoms with Gasteiger partial charge in [0.1, 0.15) is 0 Å². The van der Waals surface area contributed by atoms with Gasteiger partial charge in [0.25, 0.3) is 0 Å². The van der Waals surface area contributed by atoms with Gasteiger partial charge >= 0.3 is 0 Å². The molecule has 0 spiro atoms. The molecule has 0 atom stereocenters. The monoisotopic (exact) mass is 209 g/mol. The first-order valence-electron chi connectivity index (χ1n) is 4.65. The van der Waals surface area contributed by atoms with Crippen molar-refractivity contribution in [1.82, 2.24) is 4.98 Å². The minimum atomic E-state index is -0.106. The van der Waals surface area contributed by atoms with E-state index in [1.807, 2.05) is 0 Å². The maximum atomic E-state index is 11.4. The Kier molecular flexibility index (Phi) is 3.49. The van der Waals surface area contributed by atoms with Gasteiger partial charge in [-0.05, 0) is 0 Å². The second-order valence-corrected chi connectivity index (χ2v) is 3.46.